The van der Waals surface area contributed by atoms with E-state index in [1.165, 1.54) is 5.57 Å². The van der Waals surface area contributed by atoms with Gasteiger partial charge in [-0.05, 0) is 13.3 Å². The van der Waals surface area contributed by atoms with Gasteiger partial charge in [0.25, 0.3) is 0 Å². The van der Waals surface area contributed by atoms with E-state index in [9.17, 15) is 0 Å². The summed E-state index contributed by atoms with van der Waals surface area (Å²) in [5, 5.41) is 1.04. The zero-order valence-electron chi connectivity index (χ0n) is 8.31. The normalized spacial score (nSPS) is 10.8. The van der Waals surface area contributed by atoms with Gasteiger partial charge in [0.15, 0.2) is 0 Å². The molecule has 0 aromatic carbocycles. The maximum absolute atomic E-state index is 3.58. The molecular weight excluding hydrogens is 212 g/mol. The van der Waals surface area contributed by atoms with Crippen LogP contribution in [0.15, 0.2) is 36.5 Å². The molecule has 0 atom stereocenters. The highest BCUT2D eigenvalue weighted by atomic mass is 79.9. The van der Waals surface area contributed by atoms with E-state index in [2.05, 4.69) is 35.5 Å². The zero-order chi connectivity index (χ0) is 9.82. The van der Waals surface area contributed by atoms with Crippen molar-refractivity contribution in [3.05, 3.63) is 36.5 Å². The number of allylic oxidation sites excluding steroid dienone is 5. The Hall–Kier alpha value is -0.300. The first-order chi connectivity index (χ1) is 5.81. The van der Waals surface area contributed by atoms with Crippen LogP contribution in [0.4, 0.5) is 0 Å². The number of halogens is 1. The van der Waals surface area contributed by atoms with Crippen LogP contribution in [0.25, 0.3) is 0 Å². The molecule has 0 aliphatic rings. The predicted molar refractivity (Wildman–Crippen MR) is 62.9 cm³/mol. The summed E-state index contributed by atoms with van der Waals surface area (Å²) < 4.78 is 0. The number of alkyl halides is 1. The van der Waals surface area contributed by atoms with E-state index < -0.39 is 0 Å². The Bertz CT molecular complexity index is 143. The molecule has 0 aromatic heterocycles. The average molecular weight is 231 g/mol. The Kier molecular flexibility index (Phi) is 15.8. The van der Waals surface area contributed by atoms with Crippen LogP contribution >= 0.6 is 15.9 Å². The van der Waals surface area contributed by atoms with E-state index in [0.717, 1.165) is 11.8 Å². The van der Waals surface area contributed by atoms with Crippen LogP contribution in [0.1, 0.15) is 27.2 Å². The van der Waals surface area contributed by atoms with E-state index in [-0.39, 0.29) is 0 Å². The van der Waals surface area contributed by atoms with Crippen LogP contribution in [0.5, 0.6) is 0 Å². The Morgan fingerprint density at radius 2 is 1.92 bits per heavy atom. The summed E-state index contributed by atoms with van der Waals surface area (Å²) in [6.07, 6.45) is 8.92. The molecule has 0 heterocycles. The van der Waals surface area contributed by atoms with Crippen molar-refractivity contribution in [1.29, 1.82) is 0 Å². The fraction of sp³-hybridized carbons (Fsp3) is 0.455. The fourth-order valence-electron chi connectivity index (χ4n) is 0.531. The maximum Gasteiger partial charge on any atom is 0.00685 e. The standard InChI is InChI=1S/C9H13Br.C2H6/c1-3-4-5-6-9(2)7-8-10;1-2/h3-6H,1,7-8H2,2H3;1-2H3/b5-4-,9-6+;. The van der Waals surface area contributed by atoms with Crippen molar-refractivity contribution >= 4 is 15.9 Å². The summed E-state index contributed by atoms with van der Waals surface area (Å²) in [5.74, 6) is 0. The molecule has 0 saturated heterocycles. The molecule has 0 aromatic rings. The van der Waals surface area contributed by atoms with Crippen molar-refractivity contribution < 1.29 is 0 Å². The van der Waals surface area contributed by atoms with Crippen molar-refractivity contribution in [2.24, 2.45) is 0 Å². The number of rotatable bonds is 4. The van der Waals surface area contributed by atoms with Crippen molar-refractivity contribution in [3.8, 4) is 0 Å². The quantitative estimate of drug-likeness (QED) is 0.494. The molecule has 0 rings (SSSR count). The van der Waals surface area contributed by atoms with Gasteiger partial charge in [-0.25, -0.2) is 0 Å². The molecule has 0 amide bonds. The van der Waals surface area contributed by atoms with Gasteiger partial charge in [-0.3, -0.25) is 0 Å². The van der Waals surface area contributed by atoms with Gasteiger partial charge in [-0.15, -0.1) is 0 Å². The predicted octanol–water partition coefficient (Wildman–Crippen LogP) is 4.49. The minimum Gasteiger partial charge on any atom is -0.0991 e. The smallest absolute Gasteiger partial charge is 0.00685 e. The second-order valence-corrected chi connectivity index (χ2v) is 2.87. The molecule has 70 valence electrons. The monoisotopic (exact) mass is 230 g/mol. The molecule has 0 saturated carbocycles. The fourth-order valence-corrected chi connectivity index (χ4v) is 1.16. The third kappa shape index (κ3) is 12.4. The van der Waals surface area contributed by atoms with Gasteiger partial charge in [-0.2, -0.15) is 0 Å². The van der Waals surface area contributed by atoms with Crippen LogP contribution in [-0.4, -0.2) is 5.33 Å². The first kappa shape index (κ1) is 14.2. The van der Waals surface area contributed by atoms with Gasteiger partial charge in [0.2, 0.25) is 0 Å². The van der Waals surface area contributed by atoms with Gasteiger partial charge in [-0.1, -0.05) is 66.2 Å². The molecule has 0 nitrogen and oxygen atoms in total. The van der Waals surface area contributed by atoms with Crippen LogP contribution in [0, 0.1) is 0 Å². The summed E-state index contributed by atoms with van der Waals surface area (Å²) in [4.78, 5) is 0. The highest BCUT2D eigenvalue weighted by Crippen LogP contribution is 2.01. The third-order valence-electron chi connectivity index (χ3n) is 1.12. The average Bonchev–Trinajstić information content (AvgIpc) is 2.09. The SMILES string of the molecule is C=C/C=C\C=C(/C)CCBr.CC. The lowest BCUT2D eigenvalue weighted by Crippen LogP contribution is -1.75. The minimum absolute atomic E-state index is 1.04. The summed E-state index contributed by atoms with van der Waals surface area (Å²) in [7, 11) is 0. The van der Waals surface area contributed by atoms with Crippen LogP contribution < -0.4 is 0 Å². The molecule has 1 heteroatoms. The molecule has 0 fully saturated rings. The van der Waals surface area contributed by atoms with Crippen molar-refractivity contribution in [2.75, 3.05) is 5.33 Å². The van der Waals surface area contributed by atoms with E-state index in [0.29, 0.717) is 0 Å². The topological polar surface area (TPSA) is 0 Å². The van der Waals surface area contributed by atoms with Gasteiger partial charge in [0, 0.05) is 5.33 Å². The maximum atomic E-state index is 3.58. The molecule has 0 aliphatic carbocycles. The van der Waals surface area contributed by atoms with Gasteiger partial charge in [0.1, 0.15) is 0 Å². The number of hydrogen-bond acceptors (Lipinski definition) is 0. The largest absolute Gasteiger partial charge is 0.0991 e. The molecule has 0 spiro atoms. The molecule has 0 bridgehead atoms. The first-order valence-electron chi connectivity index (χ1n) is 4.32. The molecule has 0 radical (unpaired) electrons. The Morgan fingerprint density at radius 3 is 2.33 bits per heavy atom. The second kappa shape index (κ2) is 13.3. The molecule has 0 unspecified atom stereocenters. The Balaban J connectivity index is 0. The summed E-state index contributed by atoms with van der Waals surface area (Å²) in [5.41, 5.74) is 1.38. The summed E-state index contributed by atoms with van der Waals surface area (Å²) >= 11 is 3.37. The molecule has 0 N–H and O–H groups in total. The second-order valence-electron chi connectivity index (χ2n) is 2.07. The number of hydrogen-bond donors (Lipinski definition) is 0. The highest BCUT2D eigenvalue weighted by Gasteiger charge is 1.82. The lowest BCUT2D eigenvalue weighted by Gasteiger charge is -1.91. The zero-order valence-corrected chi connectivity index (χ0v) is 9.89. The molecule has 0 aliphatic heterocycles. The third-order valence-corrected chi connectivity index (χ3v) is 1.51. The van der Waals surface area contributed by atoms with Gasteiger partial charge in [0.05, 0.1) is 0 Å². The summed E-state index contributed by atoms with van der Waals surface area (Å²) in [6, 6.07) is 0. The lowest BCUT2D eigenvalue weighted by molar-refractivity contribution is 1.12. The van der Waals surface area contributed by atoms with Crippen molar-refractivity contribution in [3.63, 3.8) is 0 Å². The highest BCUT2D eigenvalue weighted by molar-refractivity contribution is 9.09. The van der Waals surface area contributed by atoms with Crippen LogP contribution in [0.2, 0.25) is 0 Å². The van der Waals surface area contributed by atoms with Gasteiger partial charge < -0.3 is 0 Å². The van der Waals surface area contributed by atoms with Gasteiger partial charge >= 0.3 is 0 Å². The Morgan fingerprint density at radius 1 is 1.33 bits per heavy atom. The Labute approximate surface area is 85.2 Å². The minimum atomic E-state index is 1.04. The van der Waals surface area contributed by atoms with Crippen molar-refractivity contribution in [2.45, 2.75) is 27.2 Å². The lowest BCUT2D eigenvalue weighted by atomic mass is 10.2. The van der Waals surface area contributed by atoms with Crippen LogP contribution in [-0.2, 0) is 0 Å². The van der Waals surface area contributed by atoms with E-state index in [4.69, 9.17) is 0 Å². The van der Waals surface area contributed by atoms with Crippen LogP contribution in [0.3, 0.4) is 0 Å². The van der Waals surface area contributed by atoms with Crippen molar-refractivity contribution in [1.82, 2.24) is 0 Å². The summed E-state index contributed by atoms with van der Waals surface area (Å²) in [6.45, 7) is 9.70. The molecule has 12 heavy (non-hydrogen) atoms. The van der Waals surface area contributed by atoms with E-state index in [1.54, 1.807) is 6.08 Å². The molecular formula is C11H19Br. The van der Waals surface area contributed by atoms with E-state index >= 15 is 0 Å². The first-order valence-corrected chi connectivity index (χ1v) is 5.44. The van der Waals surface area contributed by atoms with E-state index in [1.807, 2.05) is 26.0 Å².